The maximum Gasteiger partial charge on any atom is 0.223 e. The van der Waals surface area contributed by atoms with E-state index in [2.05, 4.69) is 48.6 Å². The molecular formula is C23H33N3O2. The number of pyridine rings is 1. The highest BCUT2D eigenvalue weighted by Crippen LogP contribution is 2.59. The molecule has 5 heteroatoms. The maximum absolute atomic E-state index is 12.5. The quantitative estimate of drug-likeness (QED) is 0.761. The average molecular weight is 384 g/mol. The van der Waals surface area contributed by atoms with Crippen LogP contribution in [0.4, 0.5) is 0 Å². The van der Waals surface area contributed by atoms with E-state index in [1.807, 2.05) is 12.3 Å². The number of piperidine rings is 1. The summed E-state index contributed by atoms with van der Waals surface area (Å²) in [6.07, 6.45) is 8.20. The van der Waals surface area contributed by atoms with Gasteiger partial charge >= 0.3 is 0 Å². The van der Waals surface area contributed by atoms with Crippen molar-refractivity contribution in [3.63, 3.8) is 0 Å². The Labute approximate surface area is 168 Å². The lowest BCUT2D eigenvalue weighted by Gasteiger charge is -2.37. The molecule has 0 radical (unpaired) electrons. The van der Waals surface area contributed by atoms with Crippen LogP contribution in [0.1, 0.15) is 57.9 Å². The largest absolute Gasteiger partial charge is 0.474 e. The van der Waals surface area contributed by atoms with E-state index < -0.39 is 0 Å². The summed E-state index contributed by atoms with van der Waals surface area (Å²) < 4.78 is 5.92. The normalized spacial score (nSPS) is 28.0. The van der Waals surface area contributed by atoms with Gasteiger partial charge in [0.1, 0.15) is 5.60 Å². The second-order valence-electron chi connectivity index (χ2n) is 9.84. The maximum atomic E-state index is 12.5. The van der Waals surface area contributed by atoms with Crippen molar-refractivity contribution >= 4 is 5.91 Å². The molecule has 1 unspecified atom stereocenters. The molecule has 28 heavy (non-hydrogen) atoms. The summed E-state index contributed by atoms with van der Waals surface area (Å²) in [7, 11) is 0. The highest BCUT2D eigenvalue weighted by atomic mass is 16.5. The van der Waals surface area contributed by atoms with Crippen LogP contribution in [0.25, 0.3) is 0 Å². The van der Waals surface area contributed by atoms with Gasteiger partial charge in [0, 0.05) is 37.9 Å². The predicted molar refractivity (Wildman–Crippen MR) is 109 cm³/mol. The Morgan fingerprint density at radius 1 is 1.39 bits per heavy atom. The van der Waals surface area contributed by atoms with Crippen molar-refractivity contribution in [2.45, 2.75) is 58.0 Å². The molecule has 2 heterocycles. The zero-order valence-electron chi connectivity index (χ0n) is 17.4. The predicted octanol–water partition coefficient (Wildman–Crippen LogP) is 3.69. The molecule has 1 aliphatic heterocycles. The van der Waals surface area contributed by atoms with E-state index in [1.54, 1.807) is 6.20 Å². The smallest absolute Gasteiger partial charge is 0.223 e. The summed E-state index contributed by atoms with van der Waals surface area (Å²) in [5.74, 6) is 2.15. The molecule has 2 aliphatic carbocycles. The summed E-state index contributed by atoms with van der Waals surface area (Å²) in [6, 6.07) is 4.02. The van der Waals surface area contributed by atoms with Crippen LogP contribution in [0.3, 0.4) is 0 Å². The van der Waals surface area contributed by atoms with Crippen LogP contribution < -0.4 is 5.32 Å². The first-order chi connectivity index (χ1) is 13.3. The Kier molecular flexibility index (Phi) is 4.88. The molecule has 152 valence electrons. The van der Waals surface area contributed by atoms with Crippen molar-refractivity contribution in [3.05, 3.63) is 42.6 Å². The molecule has 0 aromatic carbocycles. The Balaban J connectivity index is 1.19. The van der Waals surface area contributed by atoms with Crippen LogP contribution in [0.2, 0.25) is 0 Å². The number of hydrogen-bond acceptors (Lipinski definition) is 4. The van der Waals surface area contributed by atoms with Gasteiger partial charge < -0.3 is 15.0 Å². The van der Waals surface area contributed by atoms with Crippen LogP contribution in [0.15, 0.2) is 37.0 Å². The highest BCUT2D eigenvalue weighted by Gasteiger charge is 2.55. The van der Waals surface area contributed by atoms with Crippen LogP contribution in [-0.4, -0.2) is 41.0 Å². The second kappa shape index (κ2) is 7.09. The Hall–Kier alpha value is -2.04. The minimum absolute atomic E-state index is 0.138. The SMILES string of the molecule is C=C(OC(C)(C)C)N1CCC2(CC1)CC2CNC(=O)[C@H]1C[C@@H]1c1cccnc1. The third-order valence-corrected chi connectivity index (χ3v) is 6.66. The summed E-state index contributed by atoms with van der Waals surface area (Å²) >= 11 is 0. The van der Waals surface area contributed by atoms with E-state index >= 15 is 0 Å². The molecule has 1 amide bonds. The van der Waals surface area contributed by atoms with Gasteiger partial charge in [-0.2, -0.15) is 0 Å². The van der Waals surface area contributed by atoms with Gasteiger partial charge in [-0.05, 0) is 81.9 Å². The molecule has 1 spiro atoms. The minimum atomic E-state index is -0.199. The van der Waals surface area contributed by atoms with Crippen LogP contribution >= 0.6 is 0 Å². The number of carbonyl (C=O) groups is 1. The second-order valence-corrected chi connectivity index (χ2v) is 9.84. The fourth-order valence-corrected chi connectivity index (χ4v) is 4.76. The van der Waals surface area contributed by atoms with Crippen molar-refractivity contribution in [3.8, 4) is 0 Å². The number of likely N-dealkylation sites (tertiary alicyclic amines) is 1. The number of ether oxygens (including phenoxy) is 1. The average Bonchev–Trinajstić information content (AvgIpc) is 3.56. The van der Waals surface area contributed by atoms with Crippen molar-refractivity contribution in [2.24, 2.45) is 17.3 Å². The molecule has 1 saturated heterocycles. The summed E-state index contributed by atoms with van der Waals surface area (Å²) in [6.45, 7) is 13.1. The Bertz CT molecular complexity index is 732. The number of carbonyl (C=O) groups excluding carboxylic acids is 1. The molecule has 3 fully saturated rings. The van der Waals surface area contributed by atoms with Crippen molar-refractivity contribution in [1.82, 2.24) is 15.2 Å². The molecule has 3 aliphatic rings. The van der Waals surface area contributed by atoms with Crippen molar-refractivity contribution in [2.75, 3.05) is 19.6 Å². The van der Waals surface area contributed by atoms with E-state index in [4.69, 9.17) is 4.74 Å². The van der Waals surface area contributed by atoms with Crippen LogP contribution in [0.5, 0.6) is 0 Å². The summed E-state index contributed by atoms with van der Waals surface area (Å²) in [5.41, 5.74) is 1.42. The van der Waals surface area contributed by atoms with Crippen LogP contribution in [0, 0.1) is 17.3 Å². The van der Waals surface area contributed by atoms with Gasteiger partial charge in [0.2, 0.25) is 5.91 Å². The van der Waals surface area contributed by atoms with Crippen molar-refractivity contribution in [1.29, 1.82) is 0 Å². The number of hydrogen-bond donors (Lipinski definition) is 1. The standard InChI is InChI=1S/C23H33N3O2/c1-16(28-22(2,3)4)26-10-7-23(8-11-26)13-18(23)15-25-21(27)20-12-19(20)17-6-5-9-24-14-17/h5-6,9,14,18-20H,1,7-8,10-13,15H2,2-4H3,(H,25,27)/t18?,19-,20+/m1/s1. The first kappa shape index (κ1) is 19.3. The van der Waals surface area contributed by atoms with E-state index in [0.717, 1.165) is 31.9 Å². The van der Waals surface area contributed by atoms with Gasteiger partial charge in [-0.3, -0.25) is 9.78 Å². The first-order valence-electron chi connectivity index (χ1n) is 10.6. The number of rotatable bonds is 6. The molecule has 4 rings (SSSR count). The van der Waals surface area contributed by atoms with Crippen molar-refractivity contribution < 1.29 is 9.53 Å². The molecule has 3 atom stereocenters. The first-order valence-corrected chi connectivity index (χ1v) is 10.6. The molecule has 1 aromatic rings. The van der Waals surface area contributed by atoms with Gasteiger partial charge in [-0.15, -0.1) is 0 Å². The van der Waals surface area contributed by atoms with E-state index in [1.165, 1.54) is 24.8 Å². The third-order valence-electron chi connectivity index (χ3n) is 6.66. The molecule has 0 bridgehead atoms. The van der Waals surface area contributed by atoms with E-state index in [-0.39, 0.29) is 17.4 Å². The lowest BCUT2D eigenvalue weighted by atomic mass is 9.91. The van der Waals surface area contributed by atoms with E-state index in [0.29, 0.717) is 17.3 Å². The summed E-state index contributed by atoms with van der Waals surface area (Å²) in [4.78, 5) is 18.9. The Morgan fingerprint density at radius 2 is 2.14 bits per heavy atom. The molecule has 5 nitrogen and oxygen atoms in total. The van der Waals surface area contributed by atoms with Gasteiger partial charge in [0.05, 0.1) is 0 Å². The summed E-state index contributed by atoms with van der Waals surface area (Å²) in [5, 5.41) is 3.23. The zero-order chi connectivity index (χ0) is 19.9. The van der Waals surface area contributed by atoms with E-state index in [9.17, 15) is 4.79 Å². The topological polar surface area (TPSA) is 54.5 Å². The number of amides is 1. The monoisotopic (exact) mass is 383 g/mol. The molecular weight excluding hydrogens is 350 g/mol. The van der Waals surface area contributed by atoms with Gasteiger partial charge in [0.15, 0.2) is 5.88 Å². The molecule has 1 N–H and O–H groups in total. The lowest BCUT2D eigenvalue weighted by molar-refractivity contribution is -0.122. The lowest BCUT2D eigenvalue weighted by Crippen LogP contribution is -2.38. The van der Waals surface area contributed by atoms with Crippen LogP contribution in [-0.2, 0) is 9.53 Å². The number of nitrogens with zero attached hydrogens (tertiary/aromatic N) is 2. The van der Waals surface area contributed by atoms with Gasteiger partial charge in [-0.1, -0.05) is 6.07 Å². The molecule has 2 saturated carbocycles. The van der Waals surface area contributed by atoms with Gasteiger partial charge in [-0.25, -0.2) is 0 Å². The van der Waals surface area contributed by atoms with Gasteiger partial charge in [0.25, 0.3) is 0 Å². The fourth-order valence-electron chi connectivity index (χ4n) is 4.76. The number of aromatic nitrogens is 1. The fraction of sp³-hybridized carbons (Fsp3) is 0.652. The Morgan fingerprint density at radius 3 is 2.79 bits per heavy atom. The molecule has 1 aromatic heterocycles. The highest BCUT2D eigenvalue weighted by molar-refractivity contribution is 5.82. The minimum Gasteiger partial charge on any atom is -0.474 e. The number of nitrogens with one attached hydrogen (secondary N) is 1. The zero-order valence-corrected chi connectivity index (χ0v) is 17.4. The third kappa shape index (κ3) is 4.18.